The van der Waals surface area contributed by atoms with Crippen molar-refractivity contribution in [1.29, 1.82) is 0 Å². The third kappa shape index (κ3) is 2.73. The molecule has 0 radical (unpaired) electrons. The maximum absolute atomic E-state index is 13.2. The molecule has 5 nitrogen and oxygen atoms in total. The SMILES string of the molecule is Cc1nc(C)c(C(=O)N2[C@H]3CC[C@@H]2c2cnc(-c4ccc(F)cc4)nc2C3)s1. The van der Waals surface area contributed by atoms with Crippen molar-refractivity contribution in [3.8, 4) is 11.4 Å². The van der Waals surface area contributed by atoms with E-state index < -0.39 is 0 Å². The minimum atomic E-state index is -0.275. The normalized spacial score (nSPS) is 20.3. The van der Waals surface area contributed by atoms with Gasteiger partial charge in [0.15, 0.2) is 5.82 Å². The maximum Gasteiger partial charge on any atom is 0.266 e. The fraction of sp³-hybridized carbons (Fsp3) is 0.333. The summed E-state index contributed by atoms with van der Waals surface area (Å²) in [5.74, 6) is 0.401. The van der Waals surface area contributed by atoms with Gasteiger partial charge in [-0.05, 0) is 51.0 Å². The van der Waals surface area contributed by atoms with Gasteiger partial charge in [0.1, 0.15) is 10.7 Å². The van der Waals surface area contributed by atoms with Gasteiger partial charge in [0.05, 0.1) is 22.4 Å². The van der Waals surface area contributed by atoms with Gasteiger partial charge in [-0.25, -0.2) is 19.3 Å². The average molecular weight is 394 g/mol. The number of hydrogen-bond donors (Lipinski definition) is 0. The lowest BCUT2D eigenvalue weighted by molar-refractivity contribution is 0.0648. The van der Waals surface area contributed by atoms with E-state index in [-0.39, 0.29) is 23.8 Å². The Kier molecular flexibility index (Phi) is 4.01. The summed E-state index contributed by atoms with van der Waals surface area (Å²) in [6.07, 6.45) is 4.47. The Morgan fingerprint density at radius 3 is 2.68 bits per heavy atom. The Morgan fingerprint density at radius 2 is 1.96 bits per heavy atom. The molecule has 0 spiro atoms. The molecule has 2 aromatic heterocycles. The summed E-state index contributed by atoms with van der Waals surface area (Å²) in [4.78, 5) is 29.7. The highest BCUT2D eigenvalue weighted by atomic mass is 32.1. The average Bonchev–Trinajstić information content (AvgIpc) is 3.19. The van der Waals surface area contributed by atoms with Crippen molar-refractivity contribution in [2.75, 3.05) is 0 Å². The molecule has 2 atom stereocenters. The van der Waals surface area contributed by atoms with Crippen LogP contribution in [0.5, 0.6) is 0 Å². The van der Waals surface area contributed by atoms with Crippen LogP contribution in [0, 0.1) is 19.7 Å². The third-order valence-electron chi connectivity index (χ3n) is 5.63. The van der Waals surface area contributed by atoms with Gasteiger partial charge in [0, 0.05) is 29.8 Å². The van der Waals surface area contributed by atoms with Crippen LogP contribution < -0.4 is 0 Å². The number of halogens is 1. The Hall–Kier alpha value is -2.67. The number of fused-ring (bicyclic) bond motifs is 4. The number of amides is 1. The van der Waals surface area contributed by atoms with Crippen molar-refractivity contribution in [3.05, 3.63) is 63.1 Å². The smallest absolute Gasteiger partial charge is 0.266 e. The molecule has 28 heavy (non-hydrogen) atoms. The van der Waals surface area contributed by atoms with E-state index in [1.54, 1.807) is 12.1 Å². The molecule has 4 heterocycles. The predicted octanol–water partition coefficient (Wildman–Crippen LogP) is 4.26. The molecular weight excluding hydrogens is 375 g/mol. The summed E-state index contributed by atoms with van der Waals surface area (Å²) in [7, 11) is 0. The minimum Gasteiger partial charge on any atom is -0.327 e. The van der Waals surface area contributed by atoms with Crippen LogP contribution in [0.1, 0.15) is 50.5 Å². The van der Waals surface area contributed by atoms with Gasteiger partial charge in [-0.3, -0.25) is 4.79 Å². The van der Waals surface area contributed by atoms with Crippen LogP contribution in [0.15, 0.2) is 30.5 Å². The number of rotatable bonds is 2. The molecule has 2 bridgehead atoms. The third-order valence-corrected chi connectivity index (χ3v) is 6.69. The van der Waals surface area contributed by atoms with E-state index in [4.69, 9.17) is 4.98 Å². The molecule has 0 unspecified atom stereocenters. The van der Waals surface area contributed by atoms with E-state index in [2.05, 4.69) is 9.97 Å². The molecule has 1 amide bonds. The van der Waals surface area contributed by atoms with Gasteiger partial charge < -0.3 is 4.90 Å². The summed E-state index contributed by atoms with van der Waals surface area (Å²) in [6, 6.07) is 6.40. The summed E-state index contributed by atoms with van der Waals surface area (Å²) >= 11 is 1.47. The quantitative estimate of drug-likeness (QED) is 0.652. The van der Waals surface area contributed by atoms with E-state index in [0.717, 1.165) is 51.7 Å². The summed E-state index contributed by atoms with van der Waals surface area (Å²) < 4.78 is 13.2. The van der Waals surface area contributed by atoms with E-state index in [0.29, 0.717) is 5.82 Å². The molecule has 3 aromatic rings. The fourth-order valence-electron chi connectivity index (χ4n) is 4.37. The minimum absolute atomic E-state index is 0.0188. The number of nitrogens with zero attached hydrogens (tertiary/aromatic N) is 4. The fourth-order valence-corrected chi connectivity index (χ4v) is 5.24. The van der Waals surface area contributed by atoms with E-state index in [9.17, 15) is 9.18 Å². The first-order valence-electron chi connectivity index (χ1n) is 9.39. The zero-order valence-corrected chi connectivity index (χ0v) is 16.5. The number of thiazole rings is 1. The number of aromatic nitrogens is 3. The van der Waals surface area contributed by atoms with Crippen molar-refractivity contribution >= 4 is 17.2 Å². The van der Waals surface area contributed by atoms with Crippen molar-refractivity contribution < 1.29 is 9.18 Å². The molecule has 0 N–H and O–H groups in total. The van der Waals surface area contributed by atoms with Crippen LogP contribution in [-0.4, -0.2) is 31.8 Å². The molecule has 142 valence electrons. The van der Waals surface area contributed by atoms with Gasteiger partial charge in [-0.15, -0.1) is 11.3 Å². The highest BCUT2D eigenvalue weighted by molar-refractivity contribution is 7.13. The summed E-state index contributed by atoms with van der Waals surface area (Å²) in [5, 5.41) is 0.915. The van der Waals surface area contributed by atoms with Gasteiger partial charge in [-0.2, -0.15) is 0 Å². The second-order valence-electron chi connectivity index (χ2n) is 7.41. The zero-order valence-electron chi connectivity index (χ0n) is 15.6. The van der Waals surface area contributed by atoms with E-state index in [1.165, 1.54) is 23.5 Å². The largest absolute Gasteiger partial charge is 0.327 e. The lowest BCUT2D eigenvalue weighted by Crippen LogP contribution is -2.42. The van der Waals surface area contributed by atoms with Crippen LogP contribution in [0.25, 0.3) is 11.4 Å². The Labute approximate surface area is 166 Å². The lowest BCUT2D eigenvalue weighted by Gasteiger charge is -2.35. The molecule has 1 saturated heterocycles. The Bertz CT molecular complexity index is 1080. The topological polar surface area (TPSA) is 59.0 Å². The van der Waals surface area contributed by atoms with Gasteiger partial charge >= 0.3 is 0 Å². The molecule has 5 rings (SSSR count). The number of benzene rings is 1. The van der Waals surface area contributed by atoms with Crippen LogP contribution in [0.4, 0.5) is 4.39 Å². The number of carbonyl (C=O) groups is 1. The molecule has 1 fully saturated rings. The first-order valence-corrected chi connectivity index (χ1v) is 10.2. The number of aryl methyl sites for hydroxylation is 2. The highest BCUT2D eigenvalue weighted by Gasteiger charge is 2.44. The number of hydrogen-bond acceptors (Lipinski definition) is 5. The van der Waals surface area contributed by atoms with Crippen LogP contribution in [0.3, 0.4) is 0 Å². The summed E-state index contributed by atoms with van der Waals surface area (Å²) in [5.41, 5.74) is 3.64. The van der Waals surface area contributed by atoms with E-state index >= 15 is 0 Å². The van der Waals surface area contributed by atoms with Gasteiger partial charge in [0.25, 0.3) is 5.91 Å². The van der Waals surface area contributed by atoms with Crippen LogP contribution in [-0.2, 0) is 6.42 Å². The Balaban J connectivity index is 1.49. The first kappa shape index (κ1) is 17.4. The highest BCUT2D eigenvalue weighted by Crippen LogP contribution is 2.44. The van der Waals surface area contributed by atoms with Crippen LogP contribution >= 0.6 is 11.3 Å². The second-order valence-corrected chi connectivity index (χ2v) is 8.62. The molecule has 1 aromatic carbocycles. The standard InChI is InChI=1S/C21H19FN4OS/c1-11-19(28-12(2)24-11)21(27)26-15-7-8-18(26)16-10-23-20(25-17(16)9-15)13-3-5-14(22)6-4-13/h3-6,10,15,18H,7-9H2,1-2H3/t15-,18+/m0/s1. The molecule has 7 heteroatoms. The molecular formula is C21H19FN4OS. The molecule has 2 aliphatic heterocycles. The zero-order chi connectivity index (χ0) is 19.4. The van der Waals surface area contributed by atoms with E-state index in [1.807, 2.05) is 24.9 Å². The van der Waals surface area contributed by atoms with Crippen LogP contribution in [0.2, 0.25) is 0 Å². The van der Waals surface area contributed by atoms with Crippen molar-refractivity contribution in [2.24, 2.45) is 0 Å². The van der Waals surface area contributed by atoms with Gasteiger partial charge in [-0.1, -0.05) is 0 Å². The van der Waals surface area contributed by atoms with Crippen molar-refractivity contribution in [2.45, 2.75) is 45.2 Å². The molecule has 0 saturated carbocycles. The maximum atomic E-state index is 13.2. The van der Waals surface area contributed by atoms with Crippen molar-refractivity contribution in [1.82, 2.24) is 19.9 Å². The monoisotopic (exact) mass is 394 g/mol. The number of carbonyl (C=O) groups excluding carboxylic acids is 1. The molecule has 2 aliphatic rings. The second kappa shape index (κ2) is 6.44. The predicted molar refractivity (Wildman–Crippen MR) is 105 cm³/mol. The Morgan fingerprint density at radius 1 is 1.18 bits per heavy atom. The summed E-state index contributed by atoms with van der Waals surface area (Å²) in [6.45, 7) is 3.83. The van der Waals surface area contributed by atoms with Gasteiger partial charge in [0.2, 0.25) is 0 Å². The lowest BCUT2D eigenvalue weighted by atomic mass is 9.98. The first-order chi connectivity index (χ1) is 13.5. The van der Waals surface area contributed by atoms with Crippen molar-refractivity contribution in [3.63, 3.8) is 0 Å². The molecule has 0 aliphatic carbocycles.